The summed E-state index contributed by atoms with van der Waals surface area (Å²) in [5.74, 6) is 0. The Morgan fingerprint density at radius 3 is 2.44 bits per heavy atom. The van der Waals surface area contributed by atoms with Gasteiger partial charge in [0, 0.05) is 5.69 Å². The molecule has 0 aliphatic carbocycles. The molecule has 0 fully saturated rings. The van der Waals surface area contributed by atoms with E-state index in [1.807, 2.05) is 30.3 Å². The largest absolute Gasteiger partial charge is 0.375 e. The number of nitrogens with one attached hydrogen (secondary N) is 2. The number of nitrogens with two attached hydrogens (primary N) is 1. The third-order valence-corrected chi connectivity index (χ3v) is 2.18. The summed E-state index contributed by atoms with van der Waals surface area (Å²) in [5, 5.41) is 7.07. The van der Waals surface area contributed by atoms with Crippen molar-refractivity contribution in [2.45, 2.75) is 6.92 Å². The zero-order chi connectivity index (χ0) is 12.0. The molecule has 0 saturated carbocycles. The third kappa shape index (κ3) is 4.33. The van der Waals surface area contributed by atoms with E-state index >= 15 is 0 Å². The highest BCUT2D eigenvalue weighted by molar-refractivity contribution is 7.82. The molecule has 0 aliphatic rings. The molecule has 4 N–H and O–H groups in total. The maximum absolute atomic E-state index is 5.24. The quantitative estimate of drug-likeness (QED) is 0.433. The zero-order valence-corrected chi connectivity index (χ0v) is 10.4. The molecule has 4 nitrogen and oxygen atoms in total. The Bertz CT molecular complexity index is 414. The molecular weight excluding hydrogens is 240 g/mol. The molecule has 0 atom stereocenters. The van der Waals surface area contributed by atoms with Crippen molar-refractivity contribution in [3.63, 3.8) is 0 Å². The number of anilines is 1. The second-order valence-electron chi connectivity index (χ2n) is 2.99. The van der Waals surface area contributed by atoms with Gasteiger partial charge in [-0.1, -0.05) is 30.4 Å². The van der Waals surface area contributed by atoms with Gasteiger partial charge in [-0.2, -0.15) is 5.10 Å². The third-order valence-electron chi connectivity index (χ3n) is 1.69. The number of hydrogen-bond acceptors (Lipinski definition) is 3. The number of hydrazone groups is 1. The van der Waals surface area contributed by atoms with Crippen molar-refractivity contribution in [1.29, 1.82) is 0 Å². The maximum atomic E-state index is 5.24. The van der Waals surface area contributed by atoms with Crippen LogP contribution in [0, 0.1) is 0 Å². The van der Waals surface area contributed by atoms with Crippen LogP contribution in [-0.4, -0.2) is 15.8 Å². The van der Waals surface area contributed by atoms with E-state index in [1.165, 1.54) is 0 Å². The molecule has 0 radical (unpaired) electrons. The van der Waals surface area contributed by atoms with Gasteiger partial charge in [0.15, 0.2) is 5.11 Å². The van der Waals surface area contributed by atoms with E-state index in [2.05, 4.69) is 28.1 Å². The highest BCUT2D eigenvalue weighted by atomic mass is 32.1. The molecular formula is C10H12N4S2. The van der Waals surface area contributed by atoms with Gasteiger partial charge in [-0.3, -0.25) is 5.43 Å². The predicted octanol–water partition coefficient (Wildman–Crippen LogP) is 1.64. The lowest BCUT2D eigenvalue weighted by atomic mass is 10.3. The Balaban J connectivity index is 2.59. The van der Waals surface area contributed by atoms with Gasteiger partial charge in [0.05, 0.1) is 5.71 Å². The molecule has 1 aromatic rings. The van der Waals surface area contributed by atoms with Gasteiger partial charge < -0.3 is 11.1 Å². The fourth-order valence-electron chi connectivity index (χ4n) is 0.933. The summed E-state index contributed by atoms with van der Waals surface area (Å²) in [4.78, 5) is 0.523. The first-order chi connectivity index (χ1) is 7.59. The van der Waals surface area contributed by atoms with Crippen LogP contribution in [0.5, 0.6) is 0 Å². The van der Waals surface area contributed by atoms with Crippen molar-refractivity contribution in [3.8, 4) is 0 Å². The van der Waals surface area contributed by atoms with Gasteiger partial charge >= 0.3 is 0 Å². The summed E-state index contributed by atoms with van der Waals surface area (Å²) in [6, 6.07) is 9.61. The van der Waals surface area contributed by atoms with Crippen LogP contribution >= 0.6 is 24.4 Å². The lowest BCUT2D eigenvalue weighted by molar-refractivity contribution is 1.03. The predicted molar refractivity (Wildman–Crippen MR) is 75.7 cm³/mol. The number of nitrogens with zero attached hydrogens (tertiary/aromatic N) is 1. The molecule has 0 aromatic heterocycles. The minimum absolute atomic E-state index is 0.113. The molecule has 0 bridgehead atoms. The van der Waals surface area contributed by atoms with Crippen LogP contribution in [0.3, 0.4) is 0 Å². The van der Waals surface area contributed by atoms with Crippen molar-refractivity contribution >= 4 is 45.9 Å². The van der Waals surface area contributed by atoms with Gasteiger partial charge in [0.2, 0.25) is 0 Å². The summed E-state index contributed by atoms with van der Waals surface area (Å²) in [7, 11) is 0. The number of rotatable bonds is 3. The van der Waals surface area contributed by atoms with Crippen LogP contribution < -0.4 is 16.5 Å². The number of benzene rings is 1. The Morgan fingerprint density at radius 2 is 1.88 bits per heavy atom. The van der Waals surface area contributed by atoms with E-state index in [1.54, 1.807) is 6.92 Å². The van der Waals surface area contributed by atoms with Gasteiger partial charge in [0.1, 0.15) is 4.99 Å². The van der Waals surface area contributed by atoms with E-state index in [-0.39, 0.29) is 5.11 Å². The minimum Gasteiger partial charge on any atom is -0.375 e. The fourth-order valence-corrected chi connectivity index (χ4v) is 1.14. The van der Waals surface area contributed by atoms with Gasteiger partial charge in [-0.05, 0) is 31.3 Å². The van der Waals surface area contributed by atoms with E-state index in [4.69, 9.17) is 18.0 Å². The SMILES string of the molecule is C/C(=N\NC(N)=S)C(=S)Nc1ccccc1. The first-order valence-corrected chi connectivity index (χ1v) is 5.37. The van der Waals surface area contributed by atoms with Crippen molar-refractivity contribution in [1.82, 2.24) is 5.43 Å². The van der Waals surface area contributed by atoms with Crippen LogP contribution in [-0.2, 0) is 0 Å². The molecule has 1 aromatic carbocycles. The first-order valence-electron chi connectivity index (χ1n) is 4.55. The second kappa shape index (κ2) is 6.14. The number of thiocarbonyl (C=S) groups is 2. The molecule has 0 saturated heterocycles. The molecule has 84 valence electrons. The molecule has 0 unspecified atom stereocenters. The Labute approximate surface area is 105 Å². The van der Waals surface area contributed by atoms with Crippen LogP contribution in [0.15, 0.2) is 35.4 Å². The summed E-state index contributed by atoms with van der Waals surface area (Å²) in [6.07, 6.45) is 0. The molecule has 0 aliphatic heterocycles. The van der Waals surface area contributed by atoms with Gasteiger partial charge in [0.25, 0.3) is 0 Å². The molecule has 0 heterocycles. The summed E-state index contributed by atoms with van der Waals surface area (Å²) in [5.41, 5.74) is 9.26. The smallest absolute Gasteiger partial charge is 0.184 e. The van der Waals surface area contributed by atoms with E-state index in [0.717, 1.165) is 5.69 Å². The van der Waals surface area contributed by atoms with Crippen LogP contribution in [0.1, 0.15) is 6.92 Å². The second-order valence-corrected chi connectivity index (χ2v) is 3.84. The number of para-hydroxylation sites is 1. The summed E-state index contributed by atoms with van der Waals surface area (Å²) in [6.45, 7) is 1.77. The topological polar surface area (TPSA) is 62.4 Å². The van der Waals surface area contributed by atoms with Crippen LogP contribution in [0.2, 0.25) is 0 Å². The molecule has 16 heavy (non-hydrogen) atoms. The van der Waals surface area contributed by atoms with Crippen LogP contribution in [0.4, 0.5) is 5.69 Å². The van der Waals surface area contributed by atoms with Crippen molar-refractivity contribution in [2.24, 2.45) is 10.8 Å². The average Bonchev–Trinajstić information content (AvgIpc) is 2.27. The van der Waals surface area contributed by atoms with Crippen LogP contribution in [0.25, 0.3) is 0 Å². The van der Waals surface area contributed by atoms with Crippen molar-refractivity contribution < 1.29 is 0 Å². The normalized spacial score (nSPS) is 10.7. The number of hydrogen-bond donors (Lipinski definition) is 3. The molecule has 0 spiro atoms. The van der Waals surface area contributed by atoms with Crippen molar-refractivity contribution in [2.75, 3.05) is 5.32 Å². The minimum atomic E-state index is 0.113. The van der Waals surface area contributed by atoms with Gasteiger partial charge in [-0.25, -0.2) is 0 Å². The van der Waals surface area contributed by atoms with E-state index < -0.39 is 0 Å². The van der Waals surface area contributed by atoms with E-state index in [0.29, 0.717) is 10.7 Å². The monoisotopic (exact) mass is 252 g/mol. The maximum Gasteiger partial charge on any atom is 0.184 e. The van der Waals surface area contributed by atoms with E-state index in [9.17, 15) is 0 Å². The highest BCUT2D eigenvalue weighted by Crippen LogP contribution is 2.05. The standard InChI is InChI=1S/C10H12N4S2/c1-7(13-14-10(11)16)9(15)12-8-5-3-2-4-6-8/h2-6H,1H3,(H,12,15)(H3,11,14,16)/b13-7+. The highest BCUT2D eigenvalue weighted by Gasteiger charge is 2.01. The average molecular weight is 252 g/mol. The van der Waals surface area contributed by atoms with Gasteiger partial charge in [-0.15, -0.1) is 0 Å². The lowest BCUT2D eigenvalue weighted by Gasteiger charge is -2.07. The Hall–Kier alpha value is -1.53. The molecule has 6 heteroatoms. The fraction of sp³-hybridized carbons (Fsp3) is 0.100. The first kappa shape index (κ1) is 12.5. The summed E-state index contributed by atoms with van der Waals surface area (Å²) < 4.78 is 0. The lowest BCUT2D eigenvalue weighted by Crippen LogP contribution is -2.28. The molecule has 1 rings (SSSR count). The van der Waals surface area contributed by atoms with Crippen molar-refractivity contribution in [3.05, 3.63) is 30.3 Å². The summed E-state index contributed by atoms with van der Waals surface area (Å²) >= 11 is 9.77. The Kier molecular flexibility index (Phi) is 4.81. The zero-order valence-electron chi connectivity index (χ0n) is 8.73. The Morgan fingerprint density at radius 1 is 1.25 bits per heavy atom. The molecule has 0 amide bonds.